The third-order valence-corrected chi connectivity index (χ3v) is 3.02. The monoisotopic (exact) mass is 178 g/mol. The molecule has 0 heterocycles. The average Bonchev–Trinajstić information content (AvgIpc) is 2.95. The maximum Gasteiger partial charge on any atom is 0.0515 e. The second-order valence-electron chi connectivity index (χ2n) is 3.85. The number of benzene rings is 1. The van der Waals surface area contributed by atoms with Gasteiger partial charge in [0.15, 0.2) is 0 Å². The number of aliphatic hydroxyl groups excluding tert-OH is 2. The molecular weight excluding hydrogens is 164 g/mol. The van der Waals surface area contributed by atoms with E-state index in [0.717, 1.165) is 6.42 Å². The predicted molar refractivity (Wildman–Crippen MR) is 50.4 cm³/mol. The van der Waals surface area contributed by atoms with Crippen molar-refractivity contribution in [2.24, 2.45) is 5.41 Å². The molecule has 1 aliphatic rings. The molecule has 0 amide bonds. The van der Waals surface area contributed by atoms with Crippen LogP contribution < -0.4 is 0 Å². The van der Waals surface area contributed by atoms with Gasteiger partial charge in [-0.25, -0.2) is 0 Å². The van der Waals surface area contributed by atoms with Gasteiger partial charge >= 0.3 is 0 Å². The Bertz CT molecular complexity index is 277. The summed E-state index contributed by atoms with van der Waals surface area (Å²) >= 11 is 0. The molecule has 0 spiro atoms. The maximum atomic E-state index is 9.13. The fourth-order valence-electron chi connectivity index (χ4n) is 1.90. The van der Waals surface area contributed by atoms with Crippen LogP contribution in [0.1, 0.15) is 17.9 Å². The Hall–Kier alpha value is -0.860. The molecule has 0 radical (unpaired) electrons. The highest BCUT2D eigenvalue weighted by Gasteiger charge is 2.53. The van der Waals surface area contributed by atoms with Crippen molar-refractivity contribution in [1.82, 2.24) is 0 Å². The first-order valence-electron chi connectivity index (χ1n) is 4.59. The van der Waals surface area contributed by atoms with Crippen LogP contribution in [0.5, 0.6) is 0 Å². The second kappa shape index (κ2) is 3.13. The average molecular weight is 178 g/mol. The molecule has 0 saturated heterocycles. The standard InChI is InChI=1S/C11H14O2/c12-7-11(8-13)6-10(11)9-4-2-1-3-5-9/h1-5,10,12-13H,6-8H2. The number of hydrogen-bond donors (Lipinski definition) is 2. The van der Waals surface area contributed by atoms with E-state index in [1.165, 1.54) is 5.56 Å². The van der Waals surface area contributed by atoms with Crippen molar-refractivity contribution in [2.45, 2.75) is 12.3 Å². The topological polar surface area (TPSA) is 40.5 Å². The smallest absolute Gasteiger partial charge is 0.0515 e. The highest BCUT2D eigenvalue weighted by Crippen LogP contribution is 2.58. The summed E-state index contributed by atoms with van der Waals surface area (Å²) in [4.78, 5) is 0. The van der Waals surface area contributed by atoms with Crippen molar-refractivity contribution in [3.05, 3.63) is 35.9 Å². The minimum Gasteiger partial charge on any atom is -0.396 e. The lowest BCUT2D eigenvalue weighted by Gasteiger charge is -2.09. The van der Waals surface area contributed by atoms with Crippen LogP contribution in [-0.2, 0) is 0 Å². The molecule has 0 aliphatic heterocycles. The second-order valence-corrected chi connectivity index (χ2v) is 3.85. The minimum atomic E-state index is -0.235. The van der Waals surface area contributed by atoms with Crippen LogP contribution >= 0.6 is 0 Å². The summed E-state index contributed by atoms with van der Waals surface area (Å²) in [7, 11) is 0. The van der Waals surface area contributed by atoms with E-state index in [9.17, 15) is 0 Å². The Labute approximate surface area is 77.8 Å². The van der Waals surface area contributed by atoms with E-state index >= 15 is 0 Å². The van der Waals surface area contributed by atoms with Gasteiger partial charge in [-0.2, -0.15) is 0 Å². The van der Waals surface area contributed by atoms with Crippen LogP contribution in [-0.4, -0.2) is 23.4 Å². The van der Waals surface area contributed by atoms with Crippen LogP contribution in [0, 0.1) is 5.41 Å². The summed E-state index contributed by atoms with van der Waals surface area (Å²) in [6.45, 7) is 0.173. The van der Waals surface area contributed by atoms with Gasteiger partial charge in [-0.15, -0.1) is 0 Å². The van der Waals surface area contributed by atoms with Gasteiger partial charge in [0, 0.05) is 5.41 Å². The lowest BCUT2D eigenvalue weighted by molar-refractivity contribution is 0.129. The van der Waals surface area contributed by atoms with Crippen LogP contribution in [0.15, 0.2) is 30.3 Å². The molecule has 1 aliphatic carbocycles. The van der Waals surface area contributed by atoms with E-state index in [1.807, 2.05) is 18.2 Å². The van der Waals surface area contributed by atoms with Gasteiger partial charge in [-0.1, -0.05) is 30.3 Å². The summed E-state index contributed by atoms with van der Waals surface area (Å²) in [5.74, 6) is 0.351. The molecule has 0 aromatic heterocycles. The van der Waals surface area contributed by atoms with Crippen molar-refractivity contribution < 1.29 is 10.2 Å². The van der Waals surface area contributed by atoms with Crippen LogP contribution in [0.25, 0.3) is 0 Å². The molecule has 1 unspecified atom stereocenters. The maximum absolute atomic E-state index is 9.13. The zero-order valence-electron chi connectivity index (χ0n) is 7.48. The van der Waals surface area contributed by atoms with Gasteiger partial charge in [0.25, 0.3) is 0 Å². The quantitative estimate of drug-likeness (QED) is 0.728. The minimum absolute atomic E-state index is 0.0864. The van der Waals surface area contributed by atoms with Crippen LogP contribution in [0.3, 0.4) is 0 Å². The third kappa shape index (κ3) is 1.36. The lowest BCUT2D eigenvalue weighted by atomic mass is 10.0. The molecule has 1 fully saturated rings. The summed E-state index contributed by atoms with van der Waals surface area (Å²) in [6, 6.07) is 10.1. The van der Waals surface area contributed by atoms with Crippen molar-refractivity contribution in [3.63, 3.8) is 0 Å². The normalized spacial score (nSPS) is 24.3. The van der Waals surface area contributed by atoms with Gasteiger partial charge < -0.3 is 10.2 Å². The predicted octanol–water partition coefficient (Wildman–Crippen LogP) is 1.14. The summed E-state index contributed by atoms with van der Waals surface area (Å²) in [5, 5.41) is 18.3. The van der Waals surface area contributed by atoms with Gasteiger partial charge in [0.2, 0.25) is 0 Å². The fourth-order valence-corrected chi connectivity index (χ4v) is 1.90. The molecule has 2 rings (SSSR count). The molecule has 1 aromatic carbocycles. The van der Waals surface area contributed by atoms with E-state index in [0.29, 0.717) is 5.92 Å². The highest BCUT2D eigenvalue weighted by atomic mass is 16.3. The zero-order valence-corrected chi connectivity index (χ0v) is 7.48. The molecule has 13 heavy (non-hydrogen) atoms. The first-order chi connectivity index (χ1) is 6.32. The van der Waals surface area contributed by atoms with Gasteiger partial charge in [-0.3, -0.25) is 0 Å². The Morgan fingerprint density at radius 1 is 1.15 bits per heavy atom. The summed E-state index contributed by atoms with van der Waals surface area (Å²) in [6.07, 6.45) is 0.907. The van der Waals surface area contributed by atoms with E-state index in [2.05, 4.69) is 12.1 Å². The van der Waals surface area contributed by atoms with Gasteiger partial charge in [-0.05, 0) is 17.9 Å². The van der Waals surface area contributed by atoms with E-state index in [1.54, 1.807) is 0 Å². The van der Waals surface area contributed by atoms with Gasteiger partial charge in [0.1, 0.15) is 0 Å². The first-order valence-corrected chi connectivity index (χ1v) is 4.59. The summed E-state index contributed by atoms with van der Waals surface area (Å²) in [5.41, 5.74) is 0.993. The Morgan fingerprint density at radius 3 is 2.23 bits per heavy atom. The SMILES string of the molecule is OCC1(CO)CC1c1ccccc1. The first kappa shape index (κ1) is 8.73. The summed E-state index contributed by atoms with van der Waals surface area (Å²) < 4.78 is 0. The third-order valence-electron chi connectivity index (χ3n) is 3.02. The largest absolute Gasteiger partial charge is 0.396 e. The fraction of sp³-hybridized carbons (Fsp3) is 0.455. The molecule has 2 nitrogen and oxygen atoms in total. The number of hydrogen-bond acceptors (Lipinski definition) is 2. The van der Waals surface area contributed by atoms with E-state index in [-0.39, 0.29) is 18.6 Å². The van der Waals surface area contributed by atoms with Crippen molar-refractivity contribution >= 4 is 0 Å². The number of rotatable bonds is 3. The molecular formula is C11H14O2. The highest BCUT2D eigenvalue weighted by molar-refractivity contribution is 5.29. The molecule has 0 bridgehead atoms. The van der Waals surface area contributed by atoms with Crippen molar-refractivity contribution in [1.29, 1.82) is 0 Å². The molecule has 1 atom stereocenters. The van der Waals surface area contributed by atoms with E-state index < -0.39 is 0 Å². The van der Waals surface area contributed by atoms with Crippen molar-refractivity contribution in [2.75, 3.05) is 13.2 Å². The Kier molecular flexibility index (Phi) is 2.10. The molecule has 1 saturated carbocycles. The lowest BCUT2D eigenvalue weighted by Crippen LogP contribution is -2.14. The molecule has 2 heteroatoms. The molecule has 70 valence electrons. The van der Waals surface area contributed by atoms with Gasteiger partial charge in [0.05, 0.1) is 13.2 Å². The van der Waals surface area contributed by atoms with Crippen LogP contribution in [0.4, 0.5) is 0 Å². The van der Waals surface area contributed by atoms with Crippen molar-refractivity contribution in [3.8, 4) is 0 Å². The molecule has 2 N–H and O–H groups in total. The molecule has 1 aromatic rings. The Morgan fingerprint density at radius 2 is 1.77 bits per heavy atom. The zero-order chi connectivity index (χ0) is 9.31. The number of aliphatic hydroxyl groups is 2. The van der Waals surface area contributed by atoms with Crippen LogP contribution in [0.2, 0.25) is 0 Å². The Balaban J connectivity index is 2.15. The van der Waals surface area contributed by atoms with E-state index in [4.69, 9.17) is 10.2 Å².